The summed E-state index contributed by atoms with van der Waals surface area (Å²) in [5, 5.41) is 2.66. The van der Waals surface area contributed by atoms with Gasteiger partial charge in [0, 0.05) is 30.1 Å². The van der Waals surface area contributed by atoms with E-state index in [0.717, 1.165) is 0 Å². The number of nitrogens with one attached hydrogen (secondary N) is 2. The van der Waals surface area contributed by atoms with Crippen molar-refractivity contribution in [1.82, 2.24) is 9.71 Å². The van der Waals surface area contributed by atoms with Gasteiger partial charge in [-0.15, -0.1) is 0 Å². The molecule has 1 aromatic heterocycles. The third kappa shape index (κ3) is 4.01. The Labute approximate surface area is 144 Å². The molecule has 0 bridgehead atoms. The average molecular weight is 361 g/mol. The number of carbonyl (C=O) groups excluding carboxylic acids is 2. The minimum atomic E-state index is -3.85. The van der Waals surface area contributed by atoms with Gasteiger partial charge >= 0.3 is 5.97 Å². The Bertz CT molecular complexity index is 882. The quantitative estimate of drug-likeness (QED) is 0.766. The van der Waals surface area contributed by atoms with E-state index in [2.05, 4.69) is 15.0 Å². The van der Waals surface area contributed by atoms with Crippen molar-refractivity contribution in [3.8, 4) is 0 Å². The molecule has 3 rings (SSSR count). The molecule has 1 atom stereocenters. The summed E-state index contributed by atoms with van der Waals surface area (Å²) in [6.45, 7) is 0.200. The monoisotopic (exact) mass is 361 g/mol. The van der Waals surface area contributed by atoms with Gasteiger partial charge in [0.1, 0.15) is 6.04 Å². The van der Waals surface area contributed by atoms with Crippen molar-refractivity contribution >= 4 is 27.6 Å². The molecule has 25 heavy (non-hydrogen) atoms. The summed E-state index contributed by atoms with van der Waals surface area (Å²) in [4.78, 5) is 27.3. The Morgan fingerprint density at radius 3 is 2.40 bits per heavy atom. The smallest absolute Gasteiger partial charge is 0.324 e. The van der Waals surface area contributed by atoms with Crippen LogP contribution in [0.3, 0.4) is 0 Å². The number of nitrogens with zero attached hydrogens (tertiary/aromatic N) is 1. The van der Waals surface area contributed by atoms with E-state index >= 15 is 0 Å². The van der Waals surface area contributed by atoms with Gasteiger partial charge in [-0.05, 0) is 36.4 Å². The Balaban J connectivity index is 1.69. The summed E-state index contributed by atoms with van der Waals surface area (Å²) in [7, 11) is -3.85. The topological polar surface area (TPSA) is 114 Å². The maximum atomic E-state index is 12.3. The number of rotatable bonds is 5. The zero-order valence-corrected chi connectivity index (χ0v) is 13.8. The minimum absolute atomic E-state index is 0.00545. The number of benzene rings is 1. The number of anilines is 1. The second-order valence-corrected chi connectivity index (χ2v) is 7.06. The van der Waals surface area contributed by atoms with Crippen molar-refractivity contribution in [2.45, 2.75) is 17.4 Å². The van der Waals surface area contributed by atoms with Gasteiger partial charge in [-0.25, -0.2) is 8.42 Å². The SMILES string of the molecule is O=C(Nc1ccc(S(=O)(=O)N[C@H]2CCOC2=O)cc1)c1ccncc1. The molecule has 0 spiro atoms. The van der Waals surface area contributed by atoms with Crippen LogP contribution in [0.15, 0.2) is 53.7 Å². The first-order chi connectivity index (χ1) is 12.0. The van der Waals surface area contributed by atoms with Gasteiger partial charge in [-0.3, -0.25) is 14.6 Å². The van der Waals surface area contributed by atoms with Crippen LogP contribution in [0.4, 0.5) is 5.69 Å². The molecule has 8 nitrogen and oxygen atoms in total. The number of amides is 1. The highest BCUT2D eigenvalue weighted by Gasteiger charge is 2.31. The van der Waals surface area contributed by atoms with Gasteiger partial charge in [0.2, 0.25) is 10.0 Å². The zero-order chi connectivity index (χ0) is 17.9. The van der Waals surface area contributed by atoms with Crippen molar-refractivity contribution in [1.29, 1.82) is 0 Å². The molecular weight excluding hydrogens is 346 g/mol. The molecule has 2 N–H and O–H groups in total. The molecule has 0 radical (unpaired) electrons. The van der Waals surface area contributed by atoms with Crippen molar-refractivity contribution in [3.63, 3.8) is 0 Å². The van der Waals surface area contributed by atoms with Gasteiger partial charge in [0.25, 0.3) is 5.91 Å². The summed E-state index contributed by atoms with van der Waals surface area (Å²) in [5.41, 5.74) is 0.883. The van der Waals surface area contributed by atoms with E-state index in [1.165, 1.54) is 36.7 Å². The second-order valence-electron chi connectivity index (χ2n) is 5.34. The van der Waals surface area contributed by atoms with Crippen LogP contribution in [0.5, 0.6) is 0 Å². The molecule has 130 valence electrons. The molecule has 1 saturated heterocycles. The fraction of sp³-hybridized carbons (Fsp3) is 0.188. The number of carbonyl (C=O) groups is 2. The lowest BCUT2D eigenvalue weighted by molar-refractivity contribution is -0.139. The first-order valence-electron chi connectivity index (χ1n) is 7.46. The lowest BCUT2D eigenvalue weighted by atomic mass is 10.2. The van der Waals surface area contributed by atoms with E-state index in [1.807, 2.05) is 0 Å². The van der Waals surface area contributed by atoms with Crippen LogP contribution in [0.1, 0.15) is 16.8 Å². The molecular formula is C16H15N3O5S. The Hall–Kier alpha value is -2.78. The number of sulfonamides is 1. The maximum Gasteiger partial charge on any atom is 0.324 e. The molecule has 2 aromatic rings. The molecule has 9 heteroatoms. The summed E-state index contributed by atoms with van der Waals surface area (Å²) >= 11 is 0. The van der Waals surface area contributed by atoms with E-state index < -0.39 is 22.0 Å². The number of hydrogen-bond acceptors (Lipinski definition) is 6. The summed E-state index contributed by atoms with van der Waals surface area (Å²) in [6, 6.07) is 7.92. The first kappa shape index (κ1) is 17.1. The summed E-state index contributed by atoms with van der Waals surface area (Å²) < 4.78 is 31.6. The number of hydrogen-bond donors (Lipinski definition) is 2. The van der Waals surface area contributed by atoms with Gasteiger partial charge < -0.3 is 10.1 Å². The molecule has 0 unspecified atom stereocenters. The number of esters is 1. The molecule has 0 saturated carbocycles. The molecule has 0 aliphatic carbocycles. The van der Waals surface area contributed by atoms with Gasteiger partial charge in [0.15, 0.2) is 0 Å². The van der Waals surface area contributed by atoms with Crippen LogP contribution in [-0.2, 0) is 19.6 Å². The van der Waals surface area contributed by atoms with Gasteiger partial charge in [-0.1, -0.05) is 0 Å². The van der Waals surface area contributed by atoms with E-state index in [4.69, 9.17) is 4.74 Å². The Morgan fingerprint density at radius 2 is 1.80 bits per heavy atom. The normalized spacial score (nSPS) is 17.1. The second kappa shape index (κ2) is 6.99. The van der Waals surface area contributed by atoms with Crippen LogP contribution >= 0.6 is 0 Å². The fourth-order valence-corrected chi connectivity index (χ4v) is 3.50. The van der Waals surface area contributed by atoms with Crippen LogP contribution in [0.2, 0.25) is 0 Å². The predicted molar refractivity (Wildman–Crippen MR) is 88.3 cm³/mol. The molecule has 1 aliphatic rings. The minimum Gasteiger partial charge on any atom is -0.464 e. The fourth-order valence-electron chi connectivity index (χ4n) is 2.28. The van der Waals surface area contributed by atoms with Crippen LogP contribution < -0.4 is 10.0 Å². The highest BCUT2D eigenvalue weighted by atomic mass is 32.2. The van der Waals surface area contributed by atoms with Crippen molar-refractivity contribution in [3.05, 3.63) is 54.4 Å². The molecule has 1 aliphatic heterocycles. The van der Waals surface area contributed by atoms with Gasteiger partial charge in [-0.2, -0.15) is 4.72 Å². The van der Waals surface area contributed by atoms with Crippen molar-refractivity contribution < 1.29 is 22.7 Å². The summed E-state index contributed by atoms with van der Waals surface area (Å²) in [6.07, 6.45) is 3.31. The van der Waals surface area contributed by atoms with Crippen LogP contribution in [-0.4, -0.2) is 37.9 Å². The Kier molecular flexibility index (Phi) is 4.77. The lowest BCUT2D eigenvalue weighted by Crippen LogP contribution is -2.37. The van der Waals surface area contributed by atoms with E-state index in [-0.39, 0.29) is 17.4 Å². The average Bonchev–Trinajstić information content (AvgIpc) is 3.00. The zero-order valence-electron chi connectivity index (χ0n) is 13.0. The number of aromatic nitrogens is 1. The third-order valence-electron chi connectivity index (χ3n) is 3.60. The highest BCUT2D eigenvalue weighted by molar-refractivity contribution is 7.89. The van der Waals surface area contributed by atoms with E-state index in [9.17, 15) is 18.0 Å². The number of pyridine rings is 1. The maximum absolute atomic E-state index is 12.3. The number of cyclic esters (lactones) is 1. The van der Waals surface area contributed by atoms with E-state index in [0.29, 0.717) is 17.7 Å². The lowest BCUT2D eigenvalue weighted by Gasteiger charge is -2.11. The van der Waals surface area contributed by atoms with Crippen LogP contribution in [0, 0.1) is 0 Å². The first-order valence-corrected chi connectivity index (χ1v) is 8.94. The van der Waals surface area contributed by atoms with Crippen molar-refractivity contribution in [2.75, 3.05) is 11.9 Å². The van der Waals surface area contributed by atoms with Crippen molar-refractivity contribution in [2.24, 2.45) is 0 Å². The van der Waals surface area contributed by atoms with Crippen LogP contribution in [0.25, 0.3) is 0 Å². The third-order valence-corrected chi connectivity index (χ3v) is 5.09. The largest absolute Gasteiger partial charge is 0.464 e. The summed E-state index contributed by atoms with van der Waals surface area (Å²) in [5.74, 6) is -0.908. The predicted octanol–water partition coefficient (Wildman–Crippen LogP) is 0.928. The van der Waals surface area contributed by atoms with E-state index in [1.54, 1.807) is 12.1 Å². The number of ether oxygens (including phenoxy) is 1. The molecule has 2 heterocycles. The standard InChI is InChI=1S/C16H15N3O5S/c20-15(11-5-8-17-9-6-11)18-12-1-3-13(4-2-12)25(22,23)19-14-7-10-24-16(14)21/h1-6,8-9,14,19H,7,10H2,(H,18,20)/t14-/m0/s1. The Morgan fingerprint density at radius 1 is 1.12 bits per heavy atom. The highest BCUT2D eigenvalue weighted by Crippen LogP contribution is 2.17. The molecule has 1 aromatic carbocycles. The molecule has 1 fully saturated rings. The van der Waals surface area contributed by atoms with Gasteiger partial charge in [0.05, 0.1) is 11.5 Å². The molecule has 1 amide bonds.